The summed E-state index contributed by atoms with van der Waals surface area (Å²) in [6, 6.07) is 17.7. The van der Waals surface area contributed by atoms with Crippen LogP contribution in [-0.4, -0.2) is 25.0 Å². The van der Waals surface area contributed by atoms with Gasteiger partial charge in [-0.25, -0.2) is 4.79 Å². The smallest absolute Gasteiger partial charge is 0.411 e. The first kappa shape index (κ1) is 16.9. The Labute approximate surface area is 147 Å². The average molecular weight is 335 g/mol. The van der Waals surface area contributed by atoms with Crippen molar-refractivity contribution in [1.82, 2.24) is 0 Å². The molecule has 25 heavy (non-hydrogen) atoms. The molecule has 0 aliphatic carbocycles. The number of nitrogens with zero attached hydrogens (tertiary/aromatic N) is 1. The van der Waals surface area contributed by atoms with Gasteiger partial charge < -0.3 is 10.5 Å². The van der Waals surface area contributed by atoms with Crippen molar-refractivity contribution in [2.45, 2.75) is 18.9 Å². The van der Waals surface area contributed by atoms with E-state index >= 15 is 0 Å². The number of nitrogens with one attached hydrogen (secondary N) is 1. The number of benzene rings is 2. The molecule has 5 heteroatoms. The summed E-state index contributed by atoms with van der Waals surface area (Å²) >= 11 is 0. The first-order chi connectivity index (χ1) is 12.2. The Morgan fingerprint density at radius 3 is 2.60 bits per heavy atom. The maximum Gasteiger partial charge on any atom is 0.411 e. The topological polar surface area (TPSA) is 76.7 Å². The minimum absolute atomic E-state index is 0.0867. The lowest BCUT2D eigenvalue weighted by Crippen LogP contribution is -2.31. The highest BCUT2D eigenvalue weighted by molar-refractivity contribution is 6.01. The van der Waals surface area contributed by atoms with Gasteiger partial charge in [0.1, 0.15) is 0 Å². The summed E-state index contributed by atoms with van der Waals surface area (Å²) in [7, 11) is 1.34. The van der Waals surface area contributed by atoms with Gasteiger partial charge >= 0.3 is 6.09 Å². The normalized spacial score (nSPS) is 14.5. The predicted octanol–water partition coefficient (Wildman–Crippen LogP) is 3.62. The molecule has 128 valence electrons. The highest BCUT2D eigenvalue weighted by atomic mass is 16.5. The quantitative estimate of drug-likeness (QED) is 0.876. The van der Waals surface area contributed by atoms with Crippen LogP contribution in [0.15, 0.2) is 65.8 Å². The van der Waals surface area contributed by atoms with E-state index in [1.54, 1.807) is 0 Å². The van der Waals surface area contributed by atoms with Crippen molar-refractivity contribution in [2.75, 3.05) is 12.4 Å². The van der Waals surface area contributed by atoms with E-state index in [4.69, 9.17) is 5.73 Å². The number of carbonyl (C=O) groups excluding carboxylic acids is 1. The van der Waals surface area contributed by atoms with Crippen molar-refractivity contribution in [2.24, 2.45) is 10.7 Å². The number of aliphatic imine (C=N–C) groups is 1. The van der Waals surface area contributed by atoms with Gasteiger partial charge in [-0.2, -0.15) is 0 Å². The lowest BCUT2D eigenvalue weighted by Gasteiger charge is -2.13. The first-order valence-corrected chi connectivity index (χ1v) is 8.16. The van der Waals surface area contributed by atoms with Crippen molar-refractivity contribution in [3.05, 3.63) is 71.9 Å². The summed E-state index contributed by atoms with van der Waals surface area (Å²) in [4.78, 5) is 15.7. The summed E-state index contributed by atoms with van der Waals surface area (Å²) in [6.45, 7) is 0. The molecule has 1 aliphatic heterocycles. The summed E-state index contributed by atoms with van der Waals surface area (Å²) in [6.07, 6.45) is 2.93. The number of carbonyl (C=O) groups is 1. The predicted molar refractivity (Wildman–Crippen MR) is 101 cm³/mol. The van der Waals surface area contributed by atoms with E-state index in [0.717, 1.165) is 29.7 Å². The second kappa shape index (κ2) is 7.77. The number of amides is 1. The third-order valence-electron chi connectivity index (χ3n) is 4.17. The van der Waals surface area contributed by atoms with E-state index in [2.05, 4.69) is 27.2 Å². The number of allylic oxidation sites excluding steroid dienone is 1. The van der Waals surface area contributed by atoms with Crippen LogP contribution < -0.4 is 11.1 Å². The first-order valence-electron chi connectivity index (χ1n) is 8.16. The average Bonchev–Trinajstić information content (AvgIpc) is 3.13. The van der Waals surface area contributed by atoms with E-state index in [9.17, 15) is 4.79 Å². The Balaban J connectivity index is 1.59. The zero-order chi connectivity index (χ0) is 17.6. The van der Waals surface area contributed by atoms with Crippen LogP contribution in [0.2, 0.25) is 0 Å². The van der Waals surface area contributed by atoms with Crippen LogP contribution in [0, 0.1) is 0 Å². The van der Waals surface area contributed by atoms with E-state index in [-0.39, 0.29) is 6.04 Å². The molecule has 1 atom stereocenters. The van der Waals surface area contributed by atoms with Gasteiger partial charge in [0.25, 0.3) is 0 Å². The number of hydrogen-bond donors (Lipinski definition) is 2. The molecule has 2 aromatic rings. The minimum atomic E-state index is -0.481. The van der Waals surface area contributed by atoms with Crippen molar-refractivity contribution in [1.29, 1.82) is 0 Å². The van der Waals surface area contributed by atoms with Crippen LogP contribution in [0.3, 0.4) is 0 Å². The molecule has 0 unspecified atom stereocenters. The van der Waals surface area contributed by atoms with Crippen molar-refractivity contribution < 1.29 is 9.53 Å². The van der Waals surface area contributed by atoms with Gasteiger partial charge in [0.05, 0.1) is 7.11 Å². The molecule has 1 amide bonds. The van der Waals surface area contributed by atoms with Crippen LogP contribution in [-0.2, 0) is 11.2 Å². The Morgan fingerprint density at radius 1 is 1.20 bits per heavy atom. The molecule has 0 spiro atoms. The molecular weight excluding hydrogens is 314 g/mol. The van der Waals surface area contributed by atoms with E-state index in [1.165, 1.54) is 12.7 Å². The van der Waals surface area contributed by atoms with Gasteiger partial charge in [0.2, 0.25) is 0 Å². The van der Waals surface area contributed by atoms with Crippen LogP contribution in [0.5, 0.6) is 0 Å². The molecule has 0 radical (unpaired) electrons. The molecule has 0 saturated heterocycles. The number of methoxy groups -OCH3 is 1. The van der Waals surface area contributed by atoms with Gasteiger partial charge in [-0.3, -0.25) is 10.3 Å². The maximum absolute atomic E-state index is 11.2. The van der Waals surface area contributed by atoms with Gasteiger partial charge in [-0.1, -0.05) is 42.5 Å². The Hall–Kier alpha value is -2.92. The van der Waals surface area contributed by atoms with Crippen LogP contribution >= 0.6 is 0 Å². The van der Waals surface area contributed by atoms with E-state index in [1.807, 2.05) is 48.7 Å². The Morgan fingerprint density at radius 2 is 1.92 bits per heavy atom. The minimum Gasteiger partial charge on any atom is -0.453 e. The number of nitrogens with two attached hydrogens (primary N) is 1. The molecule has 3 N–H and O–H groups in total. The highest BCUT2D eigenvalue weighted by Gasteiger charge is 2.18. The molecule has 1 heterocycles. The van der Waals surface area contributed by atoms with Gasteiger partial charge in [-0.15, -0.1) is 0 Å². The number of hydrogen-bond acceptors (Lipinski definition) is 4. The van der Waals surface area contributed by atoms with Crippen LogP contribution in [0.25, 0.3) is 5.57 Å². The highest BCUT2D eigenvalue weighted by Crippen LogP contribution is 2.26. The largest absolute Gasteiger partial charge is 0.453 e. The van der Waals surface area contributed by atoms with Gasteiger partial charge in [-0.05, 0) is 35.3 Å². The van der Waals surface area contributed by atoms with Crippen molar-refractivity contribution >= 4 is 23.1 Å². The number of rotatable bonds is 5. The summed E-state index contributed by atoms with van der Waals surface area (Å²) in [5, 5.41) is 2.63. The summed E-state index contributed by atoms with van der Waals surface area (Å²) in [5.41, 5.74) is 11.4. The molecule has 0 bridgehead atoms. The molecule has 3 rings (SSSR count). The zero-order valence-corrected chi connectivity index (χ0v) is 14.1. The molecular formula is C20H21N3O2. The molecule has 2 aromatic carbocycles. The van der Waals surface area contributed by atoms with Gasteiger partial charge in [0.15, 0.2) is 0 Å². The monoisotopic (exact) mass is 335 g/mol. The molecule has 1 aliphatic rings. The Bertz CT molecular complexity index is 795. The zero-order valence-electron chi connectivity index (χ0n) is 14.1. The second-order valence-electron chi connectivity index (χ2n) is 5.94. The van der Waals surface area contributed by atoms with Crippen molar-refractivity contribution in [3.8, 4) is 0 Å². The molecule has 0 fully saturated rings. The number of ether oxygens (including phenoxy) is 1. The Kier molecular flexibility index (Phi) is 5.26. The molecule has 0 aromatic heterocycles. The summed E-state index contributed by atoms with van der Waals surface area (Å²) < 4.78 is 4.58. The van der Waals surface area contributed by atoms with Gasteiger partial charge in [0, 0.05) is 30.1 Å². The van der Waals surface area contributed by atoms with Crippen LogP contribution in [0.4, 0.5) is 10.5 Å². The SMILES string of the molecule is COC(=O)Nc1ccc(C2=CN=C([C@@H](N)Cc3ccccc3)C2)cc1. The van der Waals surface area contributed by atoms with E-state index in [0.29, 0.717) is 5.69 Å². The fraction of sp³-hybridized carbons (Fsp3) is 0.200. The molecule has 5 nitrogen and oxygen atoms in total. The number of anilines is 1. The summed E-state index contributed by atoms with van der Waals surface area (Å²) in [5.74, 6) is 0. The van der Waals surface area contributed by atoms with Crippen LogP contribution in [0.1, 0.15) is 17.5 Å². The standard InChI is InChI=1S/C20H21N3O2/c1-25-20(24)23-17-9-7-15(8-10-17)16-12-19(22-13-16)18(21)11-14-5-3-2-4-6-14/h2-10,13,18H,11-12,21H2,1H3,(H,23,24)/t18-/m0/s1. The third-order valence-corrected chi connectivity index (χ3v) is 4.17. The maximum atomic E-state index is 11.2. The fourth-order valence-electron chi connectivity index (χ4n) is 2.77. The fourth-order valence-corrected chi connectivity index (χ4v) is 2.77. The van der Waals surface area contributed by atoms with Crippen molar-refractivity contribution in [3.63, 3.8) is 0 Å². The van der Waals surface area contributed by atoms with E-state index < -0.39 is 6.09 Å². The second-order valence-corrected chi connectivity index (χ2v) is 5.94. The third kappa shape index (κ3) is 4.33. The molecule has 0 saturated carbocycles. The lowest BCUT2D eigenvalue weighted by atomic mass is 9.96. The lowest BCUT2D eigenvalue weighted by molar-refractivity contribution is 0.187.